The van der Waals surface area contributed by atoms with Crippen LogP contribution in [-0.4, -0.2) is 44.1 Å². The largest absolute Gasteiger partial charge is 0.496 e. The van der Waals surface area contributed by atoms with Crippen molar-refractivity contribution in [3.8, 4) is 5.75 Å². The lowest BCUT2D eigenvalue weighted by atomic mass is 9.99. The Hall–Kier alpha value is -1.26. The predicted octanol–water partition coefficient (Wildman–Crippen LogP) is 2.33. The molecule has 1 fully saturated rings. The molecule has 2 rings (SSSR count). The number of carbonyl (C=O) groups excluding carboxylic acids is 1. The Kier molecular flexibility index (Phi) is 5.48. The van der Waals surface area contributed by atoms with Gasteiger partial charge in [-0.1, -0.05) is 11.6 Å². The third-order valence-electron chi connectivity index (χ3n) is 4.05. The standard InChI is InChI=1S/C16H23ClN2O2/c1-11-10-14(17)12(2)13(16(11)21-3)4-5-15(20)19-8-6-18-7-9-19/h10,18H,4-9H2,1-3H3. The summed E-state index contributed by atoms with van der Waals surface area (Å²) in [5.74, 6) is 1.06. The van der Waals surface area contributed by atoms with E-state index >= 15 is 0 Å². The zero-order valence-corrected chi connectivity index (χ0v) is 13.7. The second-order valence-corrected chi connectivity index (χ2v) is 5.85. The summed E-state index contributed by atoms with van der Waals surface area (Å²) in [6.45, 7) is 7.31. The average molecular weight is 311 g/mol. The highest BCUT2D eigenvalue weighted by Gasteiger charge is 2.19. The van der Waals surface area contributed by atoms with Crippen molar-refractivity contribution in [1.82, 2.24) is 10.2 Å². The van der Waals surface area contributed by atoms with E-state index < -0.39 is 0 Å². The Morgan fingerprint density at radius 2 is 2.05 bits per heavy atom. The Morgan fingerprint density at radius 3 is 2.67 bits per heavy atom. The topological polar surface area (TPSA) is 41.6 Å². The van der Waals surface area contributed by atoms with Gasteiger partial charge in [0, 0.05) is 37.6 Å². The minimum absolute atomic E-state index is 0.204. The molecule has 0 aliphatic carbocycles. The molecule has 0 radical (unpaired) electrons. The molecule has 1 aromatic rings. The second kappa shape index (κ2) is 7.14. The van der Waals surface area contributed by atoms with Crippen molar-refractivity contribution in [1.29, 1.82) is 0 Å². The average Bonchev–Trinajstić information content (AvgIpc) is 2.50. The molecule has 4 nitrogen and oxygen atoms in total. The molecular formula is C16H23ClN2O2. The number of carbonyl (C=O) groups is 1. The van der Waals surface area contributed by atoms with Crippen LogP contribution in [0.1, 0.15) is 23.1 Å². The van der Waals surface area contributed by atoms with Crippen molar-refractivity contribution in [2.45, 2.75) is 26.7 Å². The van der Waals surface area contributed by atoms with Gasteiger partial charge < -0.3 is 15.0 Å². The number of ether oxygens (including phenoxy) is 1. The molecule has 1 N–H and O–H groups in total. The summed E-state index contributed by atoms with van der Waals surface area (Å²) in [4.78, 5) is 14.2. The summed E-state index contributed by atoms with van der Waals surface area (Å²) in [7, 11) is 1.66. The van der Waals surface area contributed by atoms with Gasteiger partial charge in [0.1, 0.15) is 5.75 Å². The van der Waals surface area contributed by atoms with Crippen LogP contribution in [-0.2, 0) is 11.2 Å². The molecule has 0 bridgehead atoms. The number of nitrogens with zero attached hydrogens (tertiary/aromatic N) is 1. The maximum Gasteiger partial charge on any atom is 0.222 e. The highest BCUT2D eigenvalue weighted by atomic mass is 35.5. The Bertz CT molecular complexity index is 525. The van der Waals surface area contributed by atoms with Gasteiger partial charge in [0.05, 0.1) is 7.11 Å². The summed E-state index contributed by atoms with van der Waals surface area (Å²) < 4.78 is 5.50. The van der Waals surface area contributed by atoms with Crippen molar-refractivity contribution >= 4 is 17.5 Å². The molecule has 0 atom stereocenters. The smallest absolute Gasteiger partial charge is 0.222 e. The molecule has 0 spiro atoms. The van der Waals surface area contributed by atoms with Crippen LogP contribution in [0.3, 0.4) is 0 Å². The summed E-state index contributed by atoms with van der Waals surface area (Å²) in [6, 6.07) is 1.91. The van der Waals surface area contributed by atoms with Gasteiger partial charge in [-0.2, -0.15) is 0 Å². The van der Waals surface area contributed by atoms with Crippen LogP contribution in [0.4, 0.5) is 0 Å². The van der Waals surface area contributed by atoms with Crippen molar-refractivity contribution in [3.63, 3.8) is 0 Å². The normalized spacial score (nSPS) is 15.1. The van der Waals surface area contributed by atoms with Gasteiger partial charge >= 0.3 is 0 Å². The molecule has 0 aromatic heterocycles. The number of benzene rings is 1. The van der Waals surface area contributed by atoms with E-state index in [9.17, 15) is 4.79 Å². The Balaban J connectivity index is 2.10. The molecule has 5 heteroatoms. The molecule has 1 heterocycles. The number of hydrogen-bond donors (Lipinski definition) is 1. The second-order valence-electron chi connectivity index (χ2n) is 5.44. The zero-order valence-electron chi connectivity index (χ0n) is 13.0. The highest BCUT2D eigenvalue weighted by molar-refractivity contribution is 6.31. The maximum atomic E-state index is 12.3. The number of aryl methyl sites for hydroxylation is 1. The molecular weight excluding hydrogens is 288 g/mol. The van der Waals surface area contributed by atoms with Crippen LogP contribution in [0, 0.1) is 13.8 Å². The minimum Gasteiger partial charge on any atom is -0.496 e. The van der Waals surface area contributed by atoms with E-state index in [1.807, 2.05) is 24.8 Å². The van der Waals surface area contributed by atoms with E-state index in [-0.39, 0.29) is 5.91 Å². The molecule has 116 valence electrons. The van der Waals surface area contributed by atoms with Crippen LogP contribution in [0.5, 0.6) is 5.75 Å². The SMILES string of the molecule is COc1c(C)cc(Cl)c(C)c1CCC(=O)N1CCNCC1. The van der Waals surface area contributed by atoms with Gasteiger partial charge in [-0.3, -0.25) is 4.79 Å². The molecule has 1 aliphatic rings. The van der Waals surface area contributed by atoms with E-state index in [0.29, 0.717) is 12.8 Å². The third-order valence-corrected chi connectivity index (χ3v) is 4.44. The van der Waals surface area contributed by atoms with Gasteiger partial charge in [0.25, 0.3) is 0 Å². The van der Waals surface area contributed by atoms with E-state index in [1.54, 1.807) is 7.11 Å². The molecule has 1 saturated heterocycles. The minimum atomic E-state index is 0.204. The number of hydrogen-bond acceptors (Lipinski definition) is 3. The number of halogens is 1. The van der Waals surface area contributed by atoms with Crippen LogP contribution in [0.2, 0.25) is 5.02 Å². The van der Waals surface area contributed by atoms with Gasteiger partial charge in [-0.25, -0.2) is 0 Å². The first kappa shape index (κ1) is 16.1. The fourth-order valence-corrected chi connectivity index (χ4v) is 3.08. The fraction of sp³-hybridized carbons (Fsp3) is 0.562. The Labute approximate surface area is 131 Å². The van der Waals surface area contributed by atoms with Crippen molar-refractivity contribution in [2.24, 2.45) is 0 Å². The van der Waals surface area contributed by atoms with Gasteiger partial charge in [-0.05, 0) is 43.0 Å². The first-order chi connectivity index (χ1) is 10.0. The lowest BCUT2D eigenvalue weighted by Crippen LogP contribution is -2.46. The van der Waals surface area contributed by atoms with Crippen molar-refractivity contribution < 1.29 is 9.53 Å². The first-order valence-corrected chi connectivity index (χ1v) is 7.73. The first-order valence-electron chi connectivity index (χ1n) is 7.35. The maximum absolute atomic E-state index is 12.3. The van der Waals surface area contributed by atoms with Crippen LogP contribution < -0.4 is 10.1 Å². The number of rotatable bonds is 4. The lowest BCUT2D eigenvalue weighted by molar-refractivity contribution is -0.131. The molecule has 1 aromatic carbocycles. The van der Waals surface area contributed by atoms with Gasteiger partial charge in [0.15, 0.2) is 0 Å². The quantitative estimate of drug-likeness (QED) is 0.928. The number of piperazine rings is 1. The van der Waals surface area contributed by atoms with Crippen molar-refractivity contribution in [3.05, 3.63) is 27.8 Å². The van der Waals surface area contributed by atoms with E-state index in [4.69, 9.17) is 16.3 Å². The van der Waals surface area contributed by atoms with E-state index in [2.05, 4.69) is 5.32 Å². The summed E-state index contributed by atoms with van der Waals surface area (Å²) in [5, 5.41) is 3.99. The van der Waals surface area contributed by atoms with Crippen LogP contribution in [0.15, 0.2) is 6.07 Å². The molecule has 0 unspecified atom stereocenters. The fourth-order valence-electron chi connectivity index (χ4n) is 2.81. The van der Waals surface area contributed by atoms with E-state index in [1.165, 1.54) is 0 Å². The number of methoxy groups -OCH3 is 1. The van der Waals surface area contributed by atoms with Gasteiger partial charge in [-0.15, -0.1) is 0 Å². The van der Waals surface area contributed by atoms with Crippen molar-refractivity contribution in [2.75, 3.05) is 33.3 Å². The zero-order chi connectivity index (χ0) is 15.4. The summed E-state index contributed by atoms with van der Waals surface area (Å²) in [6.07, 6.45) is 1.16. The van der Waals surface area contributed by atoms with E-state index in [0.717, 1.165) is 53.6 Å². The lowest BCUT2D eigenvalue weighted by Gasteiger charge is -2.27. The Morgan fingerprint density at radius 1 is 1.38 bits per heavy atom. The van der Waals surface area contributed by atoms with Crippen LogP contribution in [0.25, 0.3) is 0 Å². The molecule has 21 heavy (non-hydrogen) atoms. The third kappa shape index (κ3) is 3.69. The highest BCUT2D eigenvalue weighted by Crippen LogP contribution is 2.32. The predicted molar refractivity (Wildman–Crippen MR) is 85.2 cm³/mol. The summed E-state index contributed by atoms with van der Waals surface area (Å²) in [5.41, 5.74) is 3.07. The van der Waals surface area contributed by atoms with Gasteiger partial charge in [0.2, 0.25) is 5.91 Å². The molecule has 0 saturated carbocycles. The monoisotopic (exact) mass is 310 g/mol. The number of nitrogens with one attached hydrogen (secondary N) is 1. The number of amides is 1. The van der Waals surface area contributed by atoms with Crippen LogP contribution >= 0.6 is 11.6 Å². The summed E-state index contributed by atoms with van der Waals surface area (Å²) >= 11 is 6.25. The molecule has 1 aliphatic heterocycles. The molecule has 1 amide bonds.